The van der Waals surface area contributed by atoms with Gasteiger partial charge in [-0.25, -0.2) is 0 Å². The van der Waals surface area contributed by atoms with Crippen molar-refractivity contribution in [3.63, 3.8) is 0 Å². The molecule has 0 aliphatic heterocycles. The van der Waals surface area contributed by atoms with E-state index in [2.05, 4.69) is 20.5 Å². The lowest BCUT2D eigenvalue weighted by atomic mass is 9.95. The summed E-state index contributed by atoms with van der Waals surface area (Å²) in [5.41, 5.74) is 3.60. The van der Waals surface area contributed by atoms with Crippen molar-refractivity contribution < 1.29 is 4.79 Å². The van der Waals surface area contributed by atoms with Gasteiger partial charge in [0.05, 0.1) is 17.8 Å². The second-order valence-electron chi connectivity index (χ2n) is 5.00. The first-order valence-electron chi connectivity index (χ1n) is 6.76. The van der Waals surface area contributed by atoms with E-state index in [1.165, 1.54) is 29.9 Å². The summed E-state index contributed by atoms with van der Waals surface area (Å²) < 4.78 is 0. The smallest absolute Gasteiger partial charge is 0.248 e. The van der Waals surface area contributed by atoms with Crippen molar-refractivity contribution in [1.82, 2.24) is 15.2 Å². The molecule has 1 aliphatic carbocycles. The summed E-state index contributed by atoms with van der Waals surface area (Å²) in [6.07, 6.45) is 6.08. The van der Waals surface area contributed by atoms with Crippen LogP contribution >= 0.6 is 0 Å². The molecule has 20 heavy (non-hydrogen) atoms. The highest BCUT2D eigenvalue weighted by Crippen LogP contribution is 2.22. The highest BCUT2D eigenvalue weighted by molar-refractivity contribution is 5.92. The Morgan fingerprint density at radius 1 is 1.30 bits per heavy atom. The molecule has 1 amide bonds. The molecular weight excluding hydrogens is 256 g/mol. The van der Waals surface area contributed by atoms with Gasteiger partial charge in [-0.1, -0.05) is 0 Å². The maximum absolute atomic E-state index is 12.0. The van der Waals surface area contributed by atoms with Gasteiger partial charge in [0.1, 0.15) is 0 Å². The van der Waals surface area contributed by atoms with Crippen LogP contribution in [-0.2, 0) is 24.1 Å². The summed E-state index contributed by atoms with van der Waals surface area (Å²) in [7, 11) is 0. The predicted octanol–water partition coefficient (Wildman–Crippen LogP) is 1.16. The lowest BCUT2D eigenvalue weighted by molar-refractivity contribution is -0.115. The van der Waals surface area contributed by atoms with Gasteiger partial charge in [-0.2, -0.15) is 5.10 Å². The van der Waals surface area contributed by atoms with Crippen LogP contribution in [0.5, 0.6) is 0 Å². The molecule has 1 aliphatic rings. The molecule has 2 aromatic heterocycles. The molecule has 0 aromatic carbocycles. The zero-order valence-electron chi connectivity index (χ0n) is 11.0. The third kappa shape index (κ3) is 2.64. The molecule has 3 rings (SSSR count). The molecule has 2 aromatic rings. The van der Waals surface area contributed by atoms with Crippen LogP contribution in [0.15, 0.2) is 23.1 Å². The molecule has 6 nitrogen and oxygen atoms in total. The Morgan fingerprint density at radius 3 is 2.95 bits per heavy atom. The number of pyridine rings is 1. The van der Waals surface area contributed by atoms with E-state index >= 15 is 0 Å². The fraction of sp³-hybridized carbons (Fsp3) is 0.357. The van der Waals surface area contributed by atoms with E-state index in [0.29, 0.717) is 5.69 Å². The Morgan fingerprint density at radius 2 is 2.15 bits per heavy atom. The Balaban J connectivity index is 1.68. The molecule has 0 fully saturated rings. The number of carbonyl (C=O) groups excluding carboxylic acids is 1. The number of aryl methyl sites for hydroxylation is 1. The number of aromatic nitrogens is 3. The van der Waals surface area contributed by atoms with E-state index in [0.717, 1.165) is 25.0 Å². The van der Waals surface area contributed by atoms with Crippen molar-refractivity contribution in [1.29, 1.82) is 0 Å². The van der Waals surface area contributed by atoms with Gasteiger partial charge in [-0.15, -0.1) is 0 Å². The molecule has 3 N–H and O–H groups in total. The SMILES string of the molecule is O=C(Cc1n[nH]c2c1CCCC2)Nc1ccc(=O)[nH]c1. The first-order valence-corrected chi connectivity index (χ1v) is 6.76. The van der Waals surface area contributed by atoms with Crippen LogP contribution in [0.1, 0.15) is 29.8 Å². The fourth-order valence-corrected chi connectivity index (χ4v) is 2.54. The molecule has 0 unspecified atom stereocenters. The minimum atomic E-state index is -0.190. The van der Waals surface area contributed by atoms with Crippen molar-refractivity contribution >= 4 is 11.6 Å². The summed E-state index contributed by atoms with van der Waals surface area (Å²) in [6.45, 7) is 0. The van der Waals surface area contributed by atoms with E-state index in [1.807, 2.05) is 0 Å². The molecule has 104 valence electrons. The van der Waals surface area contributed by atoms with Crippen LogP contribution < -0.4 is 10.9 Å². The van der Waals surface area contributed by atoms with Gasteiger partial charge in [0.25, 0.3) is 0 Å². The quantitative estimate of drug-likeness (QED) is 0.783. The normalized spacial score (nSPS) is 13.8. The number of fused-ring (bicyclic) bond motifs is 1. The second-order valence-corrected chi connectivity index (χ2v) is 5.00. The van der Waals surface area contributed by atoms with Gasteiger partial charge in [-0.05, 0) is 37.3 Å². The third-order valence-corrected chi connectivity index (χ3v) is 3.54. The fourth-order valence-electron chi connectivity index (χ4n) is 2.54. The van der Waals surface area contributed by atoms with Crippen LogP contribution in [0.2, 0.25) is 0 Å². The first kappa shape index (κ1) is 12.7. The van der Waals surface area contributed by atoms with Crippen molar-refractivity contribution in [3.8, 4) is 0 Å². The molecule has 2 heterocycles. The summed E-state index contributed by atoms with van der Waals surface area (Å²) in [6, 6.07) is 2.96. The number of hydrogen-bond donors (Lipinski definition) is 3. The Labute approximate surface area is 115 Å². The lowest BCUT2D eigenvalue weighted by Crippen LogP contribution is -2.17. The van der Waals surface area contributed by atoms with E-state index < -0.39 is 0 Å². The molecule has 6 heteroatoms. The summed E-state index contributed by atoms with van der Waals surface area (Å²) >= 11 is 0. The zero-order chi connectivity index (χ0) is 13.9. The van der Waals surface area contributed by atoms with Crippen LogP contribution in [0.4, 0.5) is 5.69 Å². The number of anilines is 1. The lowest BCUT2D eigenvalue weighted by Gasteiger charge is -2.11. The van der Waals surface area contributed by atoms with E-state index in [4.69, 9.17) is 0 Å². The molecular formula is C14H16N4O2. The number of nitrogens with zero attached hydrogens (tertiary/aromatic N) is 1. The van der Waals surface area contributed by atoms with Crippen LogP contribution in [0.25, 0.3) is 0 Å². The monoisotopic (exact) mass is 272 g/mol. The van der Waals surface area contributed by atoms with Crippen LogP contribution in [-0.4, -0.2) is 21.1 Å². The number of amides is 1. The van der Waals surface area contributed by atoms with Gasteiger partial charge in [0.2, 0.25) is 11.5 Å². The van der Waals surface area contributed by atoms with Gasteiger partial charge >= 0.3 is 0 Å². The molecule has 0 atom stereocenters. The van der Waals surface area contributed by atoms with E-state index in [-0.39, 0.29) is 17.9 Å². The summed E-state index contributed by atoms with van der Waals surface area (Å²) in [5, 5.41) is 10.0. The summed E-state index contributed by atoms with van der Waals surface area (Å²) in [5.74, 6) is -0.128. The highest BCUT2D eigenvalue weighted by atomic mass is 16.1. The second kappa shape index (κ2) is 5.32. The molecule has 0 radical (unpaired) electrons. The van der Waals surface area contributed by atoms with Crippen LogP contribution in [0.3, 0.4) is 0 Å². The third-order valence-electron chi connectivity index (χ3n) is 3.54. The minimum Gasteiger partial charge on any atom is -0.327 e. The topological polar surface area (TPSA) is 90.6 Å². The standard InChI is InChI=1S/C14H16N4O2/c19-13-6-5-9(8-15-13)16-14(20)7-12-10-3-1-2-4-11(10)17-18-12/h5-6,8H,1-4,7H2,(H,15,19)(H,16,20)(H,17,18). The predicted molar refractivity (Wildman–Crippen MR) is 74.6 cm³/mol. The number of nitrogens with one attached hydrogen (secondary N) is 3. The van der Waals surface area contributed by atoms with E-state index in [9.17, 15) is 9.59 Å². The Kier molecular flexibility index (Phi) is 3.37. The molecule has 0 saturated carbocycles. The maximum Gasteiger partial charge on any atom is 0.248 e. The van der Waals surface area contributed by atoms with Gasteiger partial charge < -0.3 is 10.3 Å². The first-order chi connectivity index (χ1) is 9.72. The largest absolute Gasteiger partial charge is 0.327 e. The van der Waals surface area contributed by atoms with Gasteiger partial charge in [0.15, 0.2) is 0 Å². The number of H-pyrrole nitrogens is 2. The van der Waals surface area contributed by atoms with Crippen molar-refractivity contribution in [2.45, 2.75) is 32.1 Å². The van der Waals surface area contributed by atoms with E-state index in [1.54, 1.807) is 6.07 Å². The zero-order valence-corrected chi connectivity index (χ0v) is 11.0. The highest BCUT2D eigenvalue weighted by Gasteiger charge is 2.18. The summed E-state index contributed by atoms with van der Waals surface area (Å²) in [4.78, 5) is 25.5. The number of rotatable bonds is 3. The molecule has 0 bridgehead atoms. The van der Waals surface area contributed by atoms with Crippen LogP contribution in [0, 0.1) is 0 Å². The average molecular weight is 272 g/mol. The number of carbonyl (C=O) groups is 1. The van der Waals surface area contributed by atoms with Gasteiger partial charge in [0, 0.05) is 18.0 Å². The number of aromatic amines is 2. The average Bonchev–Trinajstić information content (AvgIpc) is 2.85. The maximum atomic E-state index is 12.0. The Hall–Kier alpha value is -2.37. The number of hydrogen-bond acceptors (Lipinski definition) is 3. The Bertz CT molecular complexity index is 666. The minimum absolute atomic E-state index is 0.128. The molecule has 0 saturated heterocycles. The van der Waals surface area contributed by atoms with Crippen molar-refractivity contribution in [2.24, 2.45) is 0 Å². The van der Waals surface area contributed by atoms with Gasteiger partial charge in [-0.3, -0.25) is 14.7 Å². The van der Waals surface area contributed by atoms with Crippen molar-refractivity contribution in [2.75, 3.05) is 5.32 Å². The van der Waals surface area contributed by atoms with Crippen molar-refractivity contribution in [3.05, 3.63) is 45.6 Å². The molecule has 0 spiro atoms.